The Morgan fingerprint density at radius 2 is 1.71 bits per heavy atom. The van der Waals surface area contributed by atoms with Crippen LogP contribution in [0.3, 0.4) is 0 Å². The van der Waals surface area contributed by atoms with E-state index >= 15 is 0 Å². The van der Waals surface area contributed by atoms with E-state index in [-0.39, 0.29) is 6.42 Å². The molecule has 3 N–H and O–H groups in total. The molecule has 0 spiro atoms. The monoisotopic (exact) mass is 237 g/mol. The van der Waals surface area contributed by atoms with Gasteiger partial charge in [-0.15, -0.1) is 0 Å². The van der Waals surface area contributed by atoms with Crippen LogP contribution in [0.4, 0.5) is 5.69 Å². The number of hydrogen-bond donors (Lipinski definition) is 3. The first-order chi connectivity index (χ1) is 8.03. The molecule has 0 aromatic heterocycles. The topological polar surface area (TPSA) is 86.6 Å². The van der Waals surface area contributed by atoms with Crippen molar-refractivity contribution < 1.29 is 19.8 Å². The highest BCUT2D eigenvalue weighted by molar-refractivity contribution is 6.06. The van der Waals surface area contributed by atoms with Gasteiger partial charge in [-0.1, -0.05) is 31.5 Å². The van der Waals surface area contributed by atoms with E-state index < -0.39 is 17.5 Å². The Morgan fingerprint density at radius 3 is 2.12 bits per heavy atom. The first kappa shape index (κ1) is 13.0. The van der Waals surface area contributed by atoms with Crippen LogP contribution in [0.1, 0.15) is 19.8 Å². The number of hydrogen-bond acceptors (Lipinski definition) is 3. The van der Waals surface area contributed by atoms with Gasteiger partial charge in [-0.25, -0.2) is 9.59 Å². The van der Waals surface area contributed by atoms with E-state index in [0.717, 1.165) is 0 Å². The van der Waals surface area contributed by atoms with Crippen molar-refractivity contribution in [1.82, 2.24) is 0 Å². The summed E-state index contributed by atoms with van der Waals surface area (Å²) in [4.78, 5) is 22.4. The van der Waals surface area contributed by atoms with E-state index in [0.29, 0.717) is 12.1 Å². The molecular formula is C12H15NO4. The van der Waals surface area contributed by atoms with Gasteiger partial charge in [-0.05, 0) is 18.6 Å². The van der Waals surface area contributed by atoms with Crippen molar-refractivity contribution in [3.8, 4) is 0 Å². The molecule has 0 radical (unpaired) electrons. The minimum absolute atomic E-state index is 0.0204. The highest BCUT2D eigenvalue weighted by Gasteiger charge is 2.45. The molecule has 0 fully saturated rings. The predicted octanol–water partition coefficient (Wildman–Crippen LogP) is 1.81. The molecule has 0 saturated carbocycles. The standard InChI is InChI=1S/C12H15NO4/c1-2-8-12(10(14)15,11(16)17)13-9-6-4-3-5-7-9/h3-7,13H,2,8H2,1H3,(H,14,15)(H,16,17). The molecule has 0 aliphatic rings. The number of carbonyl (C=O) groups is 2. The number of aliphatic carboxylic acids is 2. The van der Waals surface area contributed by atoms with Crippen molar-refractivity contribution in [2.24, 2.45) is 0 Å². The van der Waals surface area contributed by atoms with E-state index in [1.54, 1.807) is 37.3 Å². The summed E-state index contributed by atoms with van der Waals surface area (Å²) < 4.78 is 0. The van der Waals surface area contributed by atoms with Gasteiger partial charge in [0.15, 0.2) is 0 Å². The van der Waals surface area contributed by atoms with Crippen LogP contribution in [-0.4, -0.2) is 27.7 Å². The van der Waals surface area contributed by atoms with Crippen LogP contribution in [-0.2, 0) is 9.59 Å². The molecule has 0 unspecified atom stereocenters. The third kappa shape index (κ3) is 2.75. The first-order valence-corrected chi connectivity index (χ1v) is 5.33. The number of rotatable bonds is 6. The molecule has 17 heavy (non-hydrogen) atoms. The second-order valence-corrected chi connectivity index (χ2v) is 3.76. The molecule has 0 bridgehead atoms. The third-order valence-electron chi connectivity index (χ3n) is 2.49. The number of anilines is 1. The summed E-state index contributed by atoms with van der Waals surface area (Å²) in [5.41, 5.74) is -1.48. The third-order valence-corrected chi connectivity index (χ3v) is 2.49. The summed E-state index contributed by atoms with van der Waals surface area (Å²) in [6.07, 6.45) is 0.477. The number of benzene rings is 1. The van der Waals surface area contributed by atoms with Gasteiger partial charge in [-0.3, -0.25) is 0 Å². The maximum Gasteiger partial charge on any atom is 0.341 e. The van der Waals surface area contributed by atoms with Crippen molar-refractivity contribution in [3.63, 3.8) is 0 Å². The van der Waals surface area contributed by atoms with Crippen molar-refractivity contribution in [3.05, 3.63) is 30.3 Å². The van der Waals surface area contributed by atoms with Crippen LogP contribution in [0.15, 0.2) is 30.3 Å². The molecular weight excluding hydrogens is 222 g/mol. The van der Waals surface area contributed by atoms with Gasteiger partial charge < -0.3 is 15.5 Å². The SMILES string of the molecule is CCCC(Nc1ccccc1)(C(=O)O)C(=O)O. The molecule has 92 valence electrons. The smallest absolute Gasteiger partial charge is 0.341 e. The summed E-state index contributed by atoms with van der Waals surface area (Å²) in [6.45, 7) is 1.74. The van der Waals surface area contributed by atoms with Gasteiger partial charge in [0.25, 0.3) is 0 Å². The van der Waals surface area contributed by atoms with Gasteiger partial charge in [0.1, 0.15) is 0 Å². The number of nitrogens with one attached hydrogen (secondary N) is 1. The van der Waals surface area contributed by atoms with Crippen LogP contribution < -0.4 is 5.32 Å². The quantitative estimate of drug-likeness (QED) is 0.657. The van der Waals surface area contributed by atoms with Crippen LogP contribution in [0.25, 0.3) is 0 Å². The van der Waals surface area contributed by atoms with Crippen molar-refractivity contribution in [2.45, 2.75) is 25.3 Å². The zero-order valence-corrected chi connectivity index (χ0v) is 9.51. The number of para-hydroxylation sites is 1. The van der Waals surface area contributed by atoms with E-state index in [4.69, 9.17) is 10.2 Å². The van der Waals surface area contributed by atoms with Gasteiger partial charge in [0.2, 0.25) is 5.54 Å². The number of carboxylic acids is 2. The normalized spacial score (nSPS) is 10.9. The van der Waals surface area contributed by atoms with Crippen LogP contribution in [0.5, 0.6) is 0 Å². The molecule has 0 amide bonds. The molecule has 1 aromatic carbocycles. The first-order valence-electron chi connectivity index (χ1n) is 5.33. The van der Waals surface area contributed by atoms with Crippen LogP contribution >= 0.6 is 0 Å². The molecule has 0 saturated heterocycles. The second kappa shape index (κ2) is 5.34. The molecule has 0 atom stereocenters. The fourth-order valence-corrected chi connectivity index (χ4v) is 1.62. The molecule has 1 rings (SSSR count). The zero-order chi connectivity index (χ0) is 12.9. The molecule has 0 aliphatic heterocycles. The predicted molar refractivity (Wildman–Crippen MR) is 63.0 cm³/mol. The van der Waals surface area contributed by atoms with E-state index in [1.165, 1.54) is 0 Å². The molecule has 0 aliphatic carbocycles. The largest absolute Gasteiger partial charge is 0.479 e. The van der Waals surface area contributed by atoms with Crippen molar-refractivity contribution in [1.29, 1.82) is 0 Å². The van der Waals surface area contributed by atoms with Gasteiger partial charge in [-0.2, -0.15) is 0 Å². The Bertz CT molecular complexity index is 388. The second-order valence-electron chi connectivity index (χ2n) is 3.76. The molecule has 1 aromatic rings. The lowest BCUT2D eigenvalue weighted by Crippen LogP contribution is -2.53. The molecule has 5 heteroatoms. The van der Waals surface area contributed by atoms with Gasteiger partial charge in [0.05, 0.1) is 0 Å². The maximum atomic E-state index is 11.2. The Balaban J connectivity index is 3.06. The Kier molecular flexibility index (Phi) is 4.09. The Labute approximate surface area is 99.1 Å². The van der Waals surface area contributed by atoms with E-state index in [1.807, 2.05) is 0 Å². The average Bonchev–Trinajstić information content (AvgIpc) is 2.29. The summed E-state index contributed by atoms with van der Waals surface area (Å²) in [7, 11) is 0. The summed E-state index contributed by atoms with van der Waals surface area (Å²) in [5, 5.41) is 20.9. The van der Waals surface area contributed by atoms with Crippen molar-refractivity contribution >= 4 is 17.6 Å². The van der Waals surface area contributed by atoms with Gasteiger partial charge in [0, 0.05) is 5.69 Å². The van der Waals surface area contributed by atoms with Crippen LogP contribution in [0.2, 0.25) is 0 Å². The lowest BCUT2D eigenvalue weighted by molar-refractivity contribution is -0.155. The minimum atomic E-state index is -1.96. The summed E-state index contributed by atoms with van der Waals surface area (Å²) in [6, 6.07) is 8.46. The fourth-order valence-electron chi connectivity index (χ4n) is 1.62. The lowest BCUT2D eigenvalue weighted by Gasteiger charge is -2.26. The maximum absolute atomic E-state index is 11.2. The summed E-state index contributed by atoms with van der Waals surface area (Å²) >= 11 is 0. The lowest BCUT2D eigenvalue weighted by atomic mass is 9.93. The van der Waals surface area contributed by atoms with E-state index in [9.17, 15) is 9.59 Å². The summed E-state index contributed by atoms with van der Waals surface area (Å²) in [5.74, 6) is -2.76. The fraction of sp³-hybridized carbons (Fsp3) is 0.333. The molecule has 5 nitrogen and oxygen atoms in total. The van der Waals surface area contributed by atoms with Crippen LogP contribution in [0, 0.1) is 0 Å². The number of carboxylic acid groups (broad SMARTS) is 2. The average molecular weight is 237 g/mol. The Morgan fingerprint density at radius 1 is 1.18 bits per heavy atom. The molecule has 0 heterocycles. The van der Waals surface area contributed by atoms with Gasteiger partial charge >= 0.3 is 11.9 Å². The zero-order valence-electron chi connectivity index (χ0n) is 9.51. The highest BCUT2D eigenvalue weighted by Crippen LogP contribution is 2.21. The highest BCUT2D eigenvalue weighted by atomic mass is 16.4. The van der Waals surface area contributed by atoms with Crippen molar-refractivity contribution in [2.75, 3.05) is 5.32 Å². The Hall–Kier alpha value is -2.04. The van der Waals surface area contributed by atoms with E-state index in [2.05, 4.69) is 5.32 Å². The minimum Gasteiger partial charge on any atom is -0.479 e.